The normalized spacial score (nSPS) is 15.9. The number of nitrogens with zero attached hydrogens (tertiary/aromatic N) is 1. The Balaban J connectivity index is 2.09. The molecule has 2 rings (SSSR count). The fraction of sp³-hybridized carbons (Fsp3) is 0.429. The molecule has 1 aliphatic carbocycles. The van der Waals surface area contributed by atoms with Crippen LogP contribution >= 0.6 is 0 Å². The number of carboxylic acids is 1. The average Bonchev–Trinajstić information content (AvgIpc) is 2.36. The first-order valence-corrected chi connectivity index (χ1v) is 6.62. The highest BCUT2D eigenvalue weighted by atomic mass is 16.6. The fourth-order valence-corrected chi connectivity index (χ4v) is 2.37. The lowest BCUT2D eigenvalue weighted by atomic mass is 9.69. The second-order valence-electron chi connectivity index (χ2n) is 5.38. The van der Waals surface area contributed by atoms with Crippen molar-refractivity contribution in [3.05, 3.63) is 39.4 Å². The molecule has 1 amide bonds. The Kier molecular flexibility index (Phi) is 3.93. The summed E-state index contributed by atoms with van der Waals surface area (Å²) in [5.74, 6) is -1.41. The molecule has 0 bridgehead atoms. The molecule has 0 unspecified atom stereocenters. The summed E-state index contributed by atoms with van der Waals surface area (Å²) >= 11 is 0. The first-order chi connectivity index (χ1) is 9.85. The molecule has 1 aromatic carbocycles. The van der Waals surface area contributed by atoms with Gasteiger partial charge in [0.1, 0.15) is 0 Å². The van der Waals surface area contributed by atoms with Gasteiger partial charge in [-0.05, 0) is 25.8 Å². The van der Waals surface area contributed by atoms with Crippen LogP contribution in [0.25, 0.3) is 0 Å². The second-order valence-corrected chi connectivity index (χ2v) is 5.38. The molecular weight excluding hydrogens is 276 g/mol. The van der Waals surface area contributed by atoms with Gasteiger partial charge in [0.15, 0.2) is 0 Å². The third kappa shape index (κ3) is 2.86. The van der Waals surface area contributed by atoms with Crippen LogP contribution in [-0.4, -0.2) is 28.5 Å². The van der Waals surface area contributed by atoms with Crippen molar-refractivity contribution >= 4 is 17.6 Å². The highest BCUT2D eigenvalue weighted by Crippen LogP contribution is 2.40. The van der Waals surface area contributed by atoms with Gasteiger partial charge in [-0.3, -0.25) is 19.7 Å². The molecule has 0 heterocycles. The van der Waals surface area contributed by atoms with Crippen LogP contribution in [0.4, 0.5) is 5.69 Å². The van der Waals surface area contributed by atoms with Crippen molar-refractivity contribution in [2.75, 3.05) is 6.54 Å². The molecule has 0 atom stereocenters. The van der Waals surface area contributed by atoms with Crippen LogP contribution in [0.2, 0.25) is 0 Å². The molecule has 0 spiro atoms. The number of nitro benzene ring substituents is 1. The van der Waals surface area contributed by atoms with Gasteiger partial charge >= 0.3 is 5.97 Å². The van der Waals surface area contributed by atoms with Crippen molar-refractivity contribution in [3.63, 3.8) is 0 Å². The van der Waals surface area contributed by atoms with Crippen molar-refractivity contribution < 1.29 is 19.6 Å². The van der Waals surface area contributed by atoms with Crippen molar-refractivity contribution in [2.24, 2.45) is 5.41 Å². The quantitative estimate of drug-likeness (QED) is 0.636. The third-order valence-electron chi connectivity index (χ3n) is 4.02. The summed E-state index contributed by atoms with van der Waals surface area (Å²) in [5.41, 5.74) is -0.379. The second kappa shape index (κ2) is 5.51. The first kappa shape index (κ1) is 15.0. The summed E-state index contributed by atoms with van der Waals surface area (Å²) in [6, 6.07) is 4.20. The highest BCUT2D eigenvalue weighted by molar-refractivity contribution is 5.95. The van der Waals surface area contributed by atoms with Crippen LogP contribution in [0, 0.1) is 22.5 Å². The molecule has 7 heteroatoms. The molecular formula is C14H16N2O5. The zero-order valence-corrected chi connectivity index (χ0v) is 11.6. The summed E-state index contributed by atoms with van der Waals surface area (Å²) in [6.07, 6.45) is 1.91. The number of rotatable bonds is 5. The molecule has 1 aromatic rings. The Bertz CT molecular complexity index is 607. The predicted octanol–water partition coefficient (Wildman–Crippen LogP) is 1.89. The topological polar surface area (TPSA) is 110 Å². The van der Waals surface area contributed by atoms with Crippen LogP contribution in [0.15, 0.2) is 18.2 Å². The first-order valence-electron chi connectivity index (χ1n) is 6.62. The van der Waals surface area contributed by atoms with E-state index in [0.717, 1.165) is 6.42 Å². The van der Waals surface area contributed by atoms with Crippen molar-refractivity contribution in [1.82, 2.24) is 5.32 Å². The number of aryl methyl sites for hydroxylation is 1. The van der Waals surface area contributed by atoms with E-state index in [-0.39, 0.29) is 17.8 Å². The average molecular weight is 292 g/mol. The van der Waals surface area contributed by atoms with Crippen LogP contribution in [0.3, 0.4) is 0 Å². The van der Waals surface area contributed by atoms with E-state index in [1.165, 1.54) is 18.2 Å². The van der Waals surface area contributed by atoms with E-state index in [0.29, 0.717) is 18.4 Å². The largest absolute Gasteiger partial charge is 0.481 e. The Labute approximate surface area is 121 Å². The number of carboxylic acid groups (broad SMARTS) is 1. The monoisotopic (exact) mass is 292 g/mol. The number of nitrogens with one attached hydrogen (secondary N) is 1. The number of carbonyl (C=O) groups excluding carboxylic acids is 1. The van der Waals surface area contributed by atoms with Crippen LogP contribution in [-0.2, 0) is 4.79 Å². The smallest absolute Gasteiger partial charge is 0.311 e. The Hall–Kier alpha value is -2.44. The highest BCUT2D eigenvalue weighted by Gasteiger charge is 2.44. The predicted molar refractivity (Wildman–Crippen MR) is 74.1 cm³/mol. The van der Waals surface area contributed by atoms with Crippen molar-refractivity contribution in [1.29, 1.82) is 0 Å². The summed E-state index contributed by atoms with van der Waals surface area (Å²) in [6.45, 7) is 1.64. The maximum Gasteiger partial charge on any atom is 0.311 e. The van der Waals surface area contributed by atoms with Crippen LogP contribution in [0.5, 0.6) is 0 Å². The number of hydrogen-bond donors (Lipinski definition) is 2. The van der Waals surface area contributed by atoms with Gasteiger partial charge in [-0.2, -0.15) is 0 Å². The summed E-state index contributed by atoms with van der Waals surface area (Å²) in [7, 11) is 0. The molecule has 0 aromatic heterocycles. The molecule has 1 saturated carbocycles. The van der Waals surface area contributed by atoms with Gasteiger partial charge in [-0.15, -0.1) is 0 Å². The van der Waals surface area contributed by atoms with Crippen molar-refractivity contribution in [2.45, 2.75) is 26.2 Å². The number of benzene rings is 1. The minimum atomic E-state index is -0.913. The molecule has 112 valence electrons. The maximum atomic E-state index is 12.0. The van der Waals surface area contributed by atoms with E-state index in [4.69, 9.17) is 0 Å². The Morgan fingerprint density at radius 3 is 2.57 bits per heavy atom. The van der Waals surface area contributed by atoms with Gasteiger partial charge in [0, 0.05) is 23.7 Å². The molecule has 2 N–H and O–H groups in total. The summed E-state index contributed by atoms with van der Waals surface area (Å²) < 4.78 is 0. The van der Waals surface area contributed by atoms with Gasteiger partial charge < -0.3 is 10.4 Å². The molecule has 0 radical (unpaired) electrons. The number of amides is 1. The number of aliphatic carboxylic acids is 1. The minimum absolute atomic E-state index is 0.0445. The number of carbonyl (C=O) groups is 2. The molecule has 1 aliphatic rings. The molecule has 7 nitrogen and oxygen atoms in total. The minimum Gasteiger partial charge on any atom is -0.481 e. The standard InChI is InChI=1S/C14H16N2O5/c1-9-3-4-10(7-11(9)16(20)21)12(17)15-8-14(13(18)19)5-2-6-14/h3-4,7H,2,5-6,8H2,1H3,(H,15,17)(H,18,19). The van der Waals surface area contributed by atoms with E-state index in [1.54, 1.807) is 6.92 Å². The van der Waals surface area contributed by atoms with Gasteiger partial charge in [-0.1, -0.05) is 12.5 Å². The number of nitro groups is 1. The maximum absolute atomic E-state index is 12.0. The van der Waals surface area contributed by atoms with E-state index >= 15 is 0 Å². The summed E-state index contributed by atoms with van der Waals surface area (Å²) in [4.78, 5) is 33.5. The lowest BCUT2D eigenvalue weighted by Crippen LogP contribution is -2.47. The fourth-order valence-electron chi connectivity index (χ4n) is 2.37. The van der Waals surface area contributed by atoms with Gasteiger partial charge in [0.2, 0.25) is 0 Å². The van der Waals surface area contributed by atoms with E-state index in [9.17, 15) is 24.8 Å². The SMILES string of the molecule is Cc1ccc(C(=O)NCC2(C(=O)O)CCC2)cc1[N+](=O)[O-]. The lowest BCUT2D eigenvalue weighted by molar-refractivity contribution is -0.385. The molecule has 1 fully saturated rings. The van der Waals surface area contributed by atoms with E-state index in [1.807, 2.05) is 0 Å². The van der Waals surface area contributed by atoms with Gasteiger partial charge in [0.05, 0.1) is 10.3 Å². The lowest BCUT2D eigenvalue weighted by Gasteiger charge is -2.37. The Morgan fingerprint density at radius 2 is 2.10 bits per heavy atom. The van der Waals surface area contributed by atoms with Crippen LogP contribution in [0.1, 0.15) is 35.2 Å². The molecule has 21 heavy (non-hydrogen) atoms. The van der Waals surface area contributed by atoms with Gasteiger partial charge in [0.25, 0.3) is 11.6 Å². The summed E-state index contributed by atoms with van der Waals surface area (Å²) in [5, 5.41) is 22.6. The molecule has 0 aliphatic heterocycles. The van der Waals surface area contributed by atoms with Crippen molar-refractivity contribution in [3.8, 4) is 0 Å². The zero-order valence-electron chi connectivity index (χ0n) is 11.6. The molecule has 0 saturated heterocycles. The van der Waals surface area contributed by atoms with E-state index < -0.39 is 22.2 Å². The van der Waals surface area contributed by atoms with Crippen LogP contribution < -0.4 is 5.32 Å². The Morgan fingerprint density at radius 1 is 1.43 bits per heavy atom. The van der Waals surface area contributed by atoms with Gasteiger partial charge in [-0.25, -0.2) is 0 Å². The van der Waals surface area contributed by atoms with E-state index in [2.05, 4.69) is 5.32 Å². The third-order valence-corrected chi connectivity index (χ3v) is 4.02. The zero-order chi connectivity index (χ0) is 15.6. The number of hydrogen-bond acceptors (Lipinski definition) is 4.